The molecule has 0 fully saturated rings. The number of halogens is 2. The van der Waals surface area contributed by atoms with Gasteiger partial charge in [0.25, 0.3) is 0 Å². The van der Waals surface area contributed by atoms with Crippen molar-refractivity contribution in [3.63, 3.8) is 0 Å². The van der Waals surface area contributed by atoms with E-state index in [2.05, 4.69) is 0 Å². The van der Waals surface area contributed by atoms with Crippen LogP contribution in [0.15, 0.2) is 47.6 Å². The molecule has 4 heteroatoms. The molecule has 0 radical (unpaired) electrons. The molecular weight excluding hydrogens is 274 g/mol. The molecule has 0 aliphatic heterocycles. The predicted molar refractivity (Wildman–Crippen MR) is 79.8 cm³/mol. The molecule has 0 saturated heterocycles. The van der Waals surface area contributed by atoms with Gasteiger partial charge in [-0.25, -0.2) is 13.6 Å². The van der Waals surface area contributed by atoms with Gasteiger partial charge in [-0.3, -0.25) is 0 Å². The largest absolute Gasteiger partial charge is 0.478 e. The van der Waals surface area contributed by atoms with Gasteiger partial charge in [-0.05, 0) is 44.1 Å². The van der Waals surface area contributed by atoms with E-state index < -0.39 is 17.6 Å². The van der Waals surface area contributed by atoms with Crippen LogP contribution in [0.3, 0.4) is 0 Å². The van der Waals surface area contributed by atoms with Crippen LogP contribution >= 0.6 is 0 Å². The first kappa shape index (κ1) is 16.8. The van der Waals surface area contributed by atoms with Crippen LogP contribution in [0.5, 0.6) is 0 Å². The van der Waals surface area contributed by atoms with Crippen molar-refractivity contribution in [1.29, 1.82) is 0 Å². The molecule has 0 spiro atoms. The van der Waals surface area contributed by atoms with Gasteiger partial charge in [-0.2, -0.15) is 0 Å². The van der Waals surface area contributed by atoms with Crippen LogP contribution in [-0.4, -0.2) is 11.1 Å². The molecule has 1 aromatic rings. The van der Waals surface area contributed by atoms with Crippen LogP contribution in [0, 0.1) is 11.6 Å². The van der Waals surface area contributed by atoms with Crippen LogP contribution in [0.4, 0.5) is 8.78 Å². The number of carboxylic acids is 1. The zero-order valence-corrected chi connectivity index (χ0v) is 12.3. The summed E-state index contributed by atoms with van der Waals surface area (Å²) < 4.78 is 27.2. The quantitative estimate of drug-likeness (QED) is 0.629. The molecule has 2 nitrogen and oxygen atoms in total. The number of hydrogen-bond donors (Lipinski definition) is 1. The molecule has 0 aliphatic carbocycles. The lowest BCUT2D eigenvalue weighted by Crippen LogP contribution is -2.00. The van der Waals surface area contributed by atoms with Gasteiger partial charge in [-0.1, -0.05) is 30.7 Å². The van der Waals surface area contributed by atoms with Gasteiger partial charge < -0.3 is 5.11 Å². The maximum Gasteiger partial charge on any atom is 0.335 e. The van der Waals surface area contributed by atoms with Crippen LogP contribution in [0.25, 0.3) is 5.57 Å². The van der Waals surface area contributed by atoms with E-state index in [1.165, 1.54) is 36.4 Å². The van der Waals surface area contributed by atoms with E-state index in [0.29, 0.717) is 12.0 Å². The Kier molecular flexibility index (Phi) is 6.03. The summed E-state index contributed by atoms with van der Waals surface area (Å²) >= 11 is 0. The van der Waals surface area contributed by atoms with Crippen molar-refractivity contribution in [2.45, 2.75) is 27.2 Å². The van der Waals surface area contributed by atoms with Gasteiger partial charge in [0.15, 0.2) is 0 Å². The Morgan fingerprint density at radius 2 is 1.81 bits per heavy atom. The summed E-state index contributed by atoms with van der Waals surface area (Å²) in [6.07, 6.45) is 5.04. The Morgan fingerprint density at radius 3 is 2.29 bits per heavy atom. The van der Waals surface area contributed by atoms with Crippen LogP contribution in [0.2, 0.25) is 0 Å². The predicted octanol–water partition coefficient (Wildman–Crippen LogP) is 4.74. The van der Waals surface area contributed by atoms with E-state index in [-0.39, 0.29) is 11.1 Å². The van der Waals surface area contributed by atoms with Gasteiger partial charge in [0, 0.05) is 5.56 Å². The molecule has 1 N–H and O–H groups in total. The molecule has 1 rings (SSSR count). The molecule has 0 aromatic heterocycles. The van der Waals surface area contributed by atoms with E-state index in [1.807, 2.05) is 6.92 Å². The maximum atomic E-state index is 13.6. The maximum absolute atomic E-state index is 13.6. The van der Waals surface area contributed by atoms with E-state index in [4.69, 9.17) is 5.11 Å². The third-order valence-corrected chi connectivity index (χ3v) is 3.19. The fraction of sp³-hybridized carbons (Fsp3) is 0.235. The molecule has 0 bridgehead atoms. The zero-order valence-electron chi connectivity index (χ0n) is 12.3. The van der Waals surface area contributed by atoms with Crippen LogP contribution in [0.1, 0.15) is 32.8 Å². The molecule has 112 valence electrons. The lowest BCUT2D eigenvalue weighted by molar-refractivity contribution is -0.132. The van der Waals surface area contributed by atoms with Crippen molar-refractivity contribution >= 4 is 11.5 Å². The molecular formula is C17H18F2O2. The second-order valence-electron chi connectivity index (χ2n) is 4.66. The van der Waals surface area contributed by atoms with Crippen molar-refractivity contribution in [3.05, 3.63) is 64.8 Å². The molecule has 0 heterocycles. The van der Waals surface area contributed by atoms with Crippen molar-refractivity contribution in [1.82, 2.24) is 0 Å². The minimum absolute atomic E-state index is 0.102. The topological polar surface area (TPSA) is 37.3 Å². The summed E-state index contributed by atoms with van der Waals surface area (Å²) in [5.41, 5.74) is 1.22. The van der Waals surface area contributed by atoms with Crippen LogP contribution in [-0.2, 0) is 4.79 Å². The first-order valence-electron chi connectivity index (χ1n) is 6.60. The fourth-order valence-corrected chi connectivity index (χ4v) is 1.83. The zero-order chi connectivity index (χ0) is 16.0. The normalized spacial score (nSPS) is 13.5. The van der Waals surface area contributed by atoms with Gasteiger partial charge in [0.1, 0.15) is 11.6 Å². The minimum atomic E-state index is -1.02. The molecule has 0 atom stereocenters. The van der Waals surface area contributed by atoms with Gasteiger partial charge in [0.05, 0.1) is 5.57 Å². The summed E-state index contributed by atoms with van der Waals surface area (Å²) in [4.78, 5) is 11.1. The number of hydrogen-bond acceptors (Lipinski definition) is 1. The third-order valence-electron chi connectivity index (χ3n) is 3.19. The molecule has 21 heavy (non-hydrogen) atoms. The van der Waals surface area contributed by atoms with Gasteiger partial charge >= 0.3 is 5.97 Å². The van der Waals surface area contributed by atoms with Crippen molar-refractivity contribution in [2.24, 2.45) is 0 Å². The van der Waals surface area contributed by atoms with Crippen LogP contribution < -0.4 is 0 Å². The smallest absolute Gasteiger partial charge is 0.335 e. The molecule has 1 aromatic carbocycles. The Bertz CT molecular complexity index is 605. The van der Waals surface area contributed by atoms with E-state index in [9.17, 15) is 13.6 Å². The second-order valence-corrected chi connectivity index (χ2v) is 4.66. The second kappa shape index (κ2) is 7.53. The number of aliphatic carboxylic acids is 1. The minimum Gasteiger partial charge on any atom is -0.478 e. The highest BCUT2D eigenvalue weighted by Crippen LogP contribution is 2.21. The van der Waals surface area contributed by atoms with Gasteiger partial charge in [0.2, 0.25) is 0 Å². The first-order valence-corrected chi connectivity index (χ1v) is 6.60. The Balaban J connectivity index is 3.09. The van der Waals surface area contributed by atoms with E-state index >= 15 is 0 Å². The van der Waals surface area contributed by atoms with Gasteiger partial charge in [-0.15, -0.1) is 0 Å². The summed E-state index contributed by atoms with van der Waals surface area (Å²) in [5.74, 6) is -2.31. The molecule has 0 saturated carbocycles. The third kappa shape index (κ3) is 4.38. The molecule has 0 unspecified atom stereocenters. The number of carbonyl (C=O) groups is 1. The van der Waals surface area contributed by atoms with E-state index in [0.717, 1.165) is 5.57 Å². The molecule has 0 amide bonds. The number of carboxylic acid groups (broad SMARTS) is 1. The Morgan fingerprint density at radius 1 is 1.24 bits per heavy atom. The van der Waals surface area contributed by atoms with Crippen molar-refractivity contribution in [2.75, 3.05) is 0 Å². The average Bonchev–Trinajstić information content (AvgIpc) is 2.42. The Hall–Kier alpha value is -2.23. The monoisotopic (exact) mass is 292 g/mol. The summed E-state index contributed by atoms with van der Waals surface area (Å²) in [6, 6.07) is 3.67. The van der Waals surface area contributed by atoms with Crippen molar-refractivity contribution in [3.8, 4) is 0 Å². The standard InChI is InChI=1S/C17H18F2O2/c1-4-11(2)13(17(20)21)8-5-7-12(3)16-14(18)9-6-10-15(16)19/h5-10H,4H2,1-3H3,(H,20,21). The summed E-state index contributed by atoms with van der Waals surface area (Å²) in [7, 11) is 0. The number of benzene rings is 1. The lowest BCUT2D eigenvalue weighted by atomic mass is 10.0. The SMILES string of the molecule is CCC(C)=C(C=CC=C(C)c1c(F)cccc1F)C(=O)O. The van der Waals surface area contributed by atoms with E-state index in [1.54, 1.807) is 13.8 Å². The number of allylic oxidation sites excluding steroid dienone is 4. The fourth-order valence-electron chi connectivity index (χ4n) is 1.83. The average molecular weight is 292 g/mol. The lowest BCUT2D eigenvalue weighted by Gasteiger charge is -2.04. The highest BCUT2D eigenvalue weighted by Gasteiger charge is 2.09. The number of rotatable bonds is 5. The highest BCUT2D eigenvalue weighted by atomic mass is 19.1. The Labute approximate surface area is 123 Å². The van der Waals surface area contributed by atoms with Crippen molar-refractivity contribution < 1.29 is 18.7 Å². The molecule has 0 aliphatic rings. The summed E-state index contributed by atoms with van der Waals surface area (Å²) in [5, 5.41) is 9.10. The highest BCUT2D eigenvalue weighted by molar-refractivity contribution is 5.90. The first-order chi connectivity index (χ1) is 9.88. The summed E-state index contributed by atoms with van der Waals surface area (Å²) in [6.45, 7) is 5.17.